The molecule has 1 amide bonds. The van der Waals surface area contributed by atoms with Crippen LogP contribution in [0.3, 0.4) is 0 Å². The molecule has 118 valence electrons. The number of benzene rings is 1. The van der Waals surface area contributed by atoms with Crippen molar-refractivity contribution in [2.24, 2.45) is 0 Å². The Bertz CT molecular complexity index is 839. The van der Waals surface area contributed by atoms with Crippen LogP contribution in [0.5, 0.6) is 0 Å². The number of nitrogens with zero attached hydrogens (tertiary/aromatic N) is 3. The van der Waals surface area contributed by atoms with Crippen molar-refractivity contribution in [3.63, 3.8) is 0 Å². The maximum atomic E-state index is 11.8. The van der Waals surface area contributed by atoms with Crippen LogP contribution in [-0.2, 0) is 4.79 Å². The molecule has 3 aromatic rings. The van der Waals surface area contributed by atoms with Crippen molar-refractivity contribution in [3.05, 3.63) is 41.5 Å². The molecular weight excluding hydrogens is 308 g/mol. The molecule has 0 unspecified atom stereocenters. The van der Waals surface area contributed by atoms with Crippen LogP contribution in [0.4, 0.5) is 5.82 Å². The number of rotatable bonds is 4. The van der Waals surface area contributed by atoms with Gasteiger partial charge in [0.25, 0.3) is 0 Å². The lowest BCUT2D eigenvalue weighted by molar-refractivity contribution is -0.126. The number of carbonyl (C=O) groups is 1. The van der Waals surface area contributed by atoms with E-state index in [1.807, 2.05) is 0 Å². The number of aryl methyl sites for hydroxylation is 1. The van der Waals surface area contributed by atoms with Crippen LogP contribution >= 0.6 is 11.3 Å². The number of thiophene rings is 1. The first kappa shape index (κ1) is 15.4. The fourth-order valence-corrected chi connectivity index (χ4v) is 3.19. The number of nitrogens with one attached hydrogen (secondary N) is 1. The van der Waals surface area contributed by atoms with Crippen molar-refractivity contribution in [2.75, 3.05) is 26.0 Å². The molecule has 0 radical (unpaired) electrons. The molecule has 0 bridgehead atoms. The zero-order chi connectivity index (χ0) is 16.4. The highest BCUT2D eigenvalue weighted by molar-refractivity contribution is 7.17. The Hall–Kier alpha value is -2.47. The summed E-state index contributed by atoms with van der Waals surface area (Å²) >= 11 is 1.58. The second-order valence-electron chi connectivity index (χ2n) is 5.56. The minimum atomic E-state index is 0.00359. The first-order valence-electron chi connectivity index (χ1n) is 7.29. The monoisotopic (exact) mass is 326 g/mol. The van der Waals surface area contributed by atoms with Crippen molar-refractivity contribution >= 4 is 33.3 Å². The van der Waals surface area contributed by atoms with E-state index in [1.54, 1.807) is 30.3 Å². The summed E-state index contributed by atoms with van der Waals surface area (Å²) < 4.78 is 0. The van der Waals surface area contributed by atoms with E-state index in [2.05, 4.69) is 51.9 Å². The lowest BCUT2D eigenvalue weighted by atomic mass is 10.0. The summed E-state index contributed by atoms with van der Waals surface area (Å²) in [6.07, 6.45) is 1.53. The number of hydrogen-bond acceptors (Lipinski definition) is 5. The Morgan fingerprint density at radius 3 is 2.65 bits per heavy atom. The maximum Gasteiger partial charge on any atom is 0.241 e. The summed E-state index contributed by atoms with van der Waals surface area (Å²) in [5, 5.41) is 6.19. The van der Waals surface area contributed by atoms with E-state index in [1.165, 1.54) is 11.9 Å². The van der Waals surface area contributed by atoms with E-state index in [4.69, 9.17) is 0 Å². The SMILES string of the molecule is Cc1ccc(-c2csc3ncnc(NCC(=O)N(C)C)c23)cc1. The molecule has 0 atom stereocenters. The van der Waals surface area contributed by atoms with E-state index in [-0.39, 0.29) is 12.5 Å². The molecule has 0 saturated heterocycles. The Labute approximate surface area is 139 Å². The van der Waals surface area contributed by atoms with Crippen molar-refractivity contribution < 1.29 is 4.79 Å². The summed E-state index contributed by atoms with van der Waals surface area (Å²) in [4.78, 5) is 22.9. The summed E-state index contributed by atoms with van der Waals surface area (Å²) in [7, 11) is 3.48. The van der Waals surface area contributed by atoms with Crippen LogP contribution in [0, 0.1) is 6.92 Å². The standard InChI is InChI=1S/C17H18N4OS/c1-11-4-6-12(7-5-11)13-9-23-17-15(13)16(19-10-20-17)18-8-14(22)21(2)3/h4-7,9-10H,8H2,1-3H3,(H,18,19,20). The minimum absolute atomic E-state index is 0.00359. The van der Waals surface area contributed by atoms with Gasteiger partial charge < -0.3 is 10.2 Å². The smallest absolute Gasteiger partial charge is 0.241 e. The molecule has 0 aliphatic carbocycles. The predicted molar refractivity (Wildman–Crippen MR) is 94.8 cm³/mol. The van der Waals surface area contributed by atoms with Gasteiger partial charge in [-0.25, -0.2) is 9.97 Å². The van der Waals surface area contributed by atoms with Gasteiger partial charge in [-0.1, -0.05) is 29.8 Å². The molecule has 5 nitrogen and oxygen atoms in total. The van der Waals surface area contributed by atoms with Gasteiger partial charge in [0.2, 0.25) is 5.91 Å². The Kier molecular flexibility index (Phi) is 4.25. The highest BCUT2D eigenvalue weighted by Crippen LogP contribution is 2.36. The largest absolute Gasteiger partial charge is 0.360 e. The van der Waals surface area contributed by atoms with Gasteiger partial charge in [0.05, 0.1) is 11.9 Å². The third kappa shape index (κ3) is 3.17. The van der Waals surface area contributed by atoms with Crippen LogP contribution in [0.15, 0.2) is 36.0 Å². The highest BCUT2D eigenvalue weighted by Gasteiger charge is 2.14. The molecule has 2 heterocycles. The molecular formula is C17H18N4OS. The molecule has 0 aliphatic rings. The maximum absolute atomic E-state index is 11.8. The van der Waals surface area contributed by atoms with Crippen LogP contribution in [0.2, 0.25) is 0 Å². The summed E-state index contributed by atoms with van der Waals surface area (Å²) in [6.45, 7) is 2.28. The van der Waals surface area contributed by atoms with Gasteiger partial charge in [0, 0.05) is 25.0 Å². The van der Waals surface area contributed by atoms with E-state index < -0.39 is 0 Å². The minimum Gasteiger partial charge on any atom is -0.360 e. The lowest BCUT2D eigenvalue weighted by Gasteiger charge is -2.12. The Morgan fingerprint density at radius 2 is 1.96 bits per heavy atom. The van der Waals surface area contributed by atoms with Gasteiger partial charge in [-0.2, -0.15) is 0 Å². The number of likely N-dealkylation sites (N-methyl/N-ethyl adjacent to an activating group) is 1. The zero-order valence-electron chi connectivity index (χ0n) is 13.3. The molecule has 0 saturated carbocycles. The first-order valence-corrected chi connectivity index (χ1v) is 8.17. The number of fused-ring (bicyclic) bond motifs is 1. The van der Waals surface area contributed by atoms with E-state index >= 15 is 0 Å². The third-order valence-corrected chi connectivity index (χ3v) is 4.53. The van der Waals surface area contributed by atoms with Crippen LogP contribution in [-0.4, -0.2) is 41.4 Å². The van der Waals surface area contributed by atoms with Crippen LogP contribution in [0.25, 0.3) is 21.3 Å². The second kappa shape index (κ2) is 6.34. The lowest BCUT2D eigenvalue weighted by Crippen LogP contribution is -2.28. The topological polar surface area (TPSA) is 58.1 Å². The zero-order valence-corrected chi connectivity index (χ0v) is 14.1. The predicted octanol–water partition coefficient (Wildman–Crippen LogP) is 3.17. The highest BCUT2D eigenvalue weighted by atomic mass is 32.1. The fraction of sp³-hybridized carbons (Fsp3) is 0.235. The number of anilines is 1. The number of hydrogen-bond donors (Lipinski definition) is 1. The van der Waals surface area contributed by atoms with Crippen molar-refractivity contribution in [1.29, 1.82) is 0 Å². The van der Waals surface area contributed by atoms with Gasteiger partial charge in [0.1, 0.15) is 17.0 Å². The normalized spacial score (nSPS) is 10.7. The quantitative estimate of drug-likeness (QED) is 0.800. The Morgan fingerprint density at radius 1 is 1.22 bits per heavy atom. The molecule has 3 rings (SSSR count). The number of amides is 1. The van der Waals surface area contributed by atoms with Crippen molar-refractivity contribution in [2.45, 2.75) is 6.92 Å². The van der Waals surface area contributed by atoms with Gasteiger partial charge in [-0.3, -0.25) is 4.79 Å². The van der Waals surface area contributed by atoms with E-state index in [0.29, 0.717) is 5.82 Å². The van der Waals surface area contributed by atoms with Crippen LogP contribution in [0.1, 0.15) is 5.56 Å². The molecule has 2 aromatic heterocycles. The molecule has 6 heteroatoms. The molecule has 0 spiro atoms. The fourth-order valence-electron chi connectivity index (χ4n) is 2.27. The molecule has 1 N–H and O–H groups in total. The average molecular weight is 326 g/mol. The summed E-state index contributed by atoms with van der Waals surface area (Å²) in [6, 6.07) is 8.37. The van der Waals surface area contributed by atoms with Crippen molar-refractivity contribution in [1.82, 2.24) is 14.9 Å². The van der Waals surface area contributed by atoms with Gasteiger partial charge in [-0.05, 0) is 12.5 Å². The second-order valence-corrected chi connectivity index (χ2v) is 6.42. The van der Waals surface area contributed by atoms with Gasteiger partial charge in [-0.15, -0.1) is 11.3 Å². The summed E-state index contributed by atoms with van der Waals surface area (Å²) in [5.74, 6) is 0.700. The third-order valence-electron chi connectivity index (χ3n) is 3.64. The Balaban J connectivity index is 2.00. The molecule has 0 fully saturated rings. The summed E-state index contributed by atoms with van der Waals surface area (Å²) in [5.41, 5.74) is 3.43. The van der Waals surface area contributed by atoms with Crippen molar-refractivity contribution in [3.8, 4) is 11.1 Å². The van der Waals surface area contributed by atoms with Gasteiger partial charge in [0.15, 0.2) is 0 Å². The van der Waals surface area contributed by atoms with E-state index in [9.17, 15) is 4.79 Å². The molecule has 0 aliphatic heterocycles. The number of aromatic nitrogens is 2. The number of carbonyl (C=O) groups excluding carboxylic acids is 1. The van der Waals surface area contributed by atoms with Gasteiger partial charge >= 0.3 is 0 Å². The average Bonchev–Trinajstić information content (AvgIpc) is 2.98. The van der Waals surface area contributed by atoms with Crippen LogP contribution < -0.4 is 5.32 Å². The first-order chi connectivity index (χ1) is 11.1. The molecule has 23 heavy (non-hydrogen) atoms. The van der Waals surface area contributed by atoms with E-state index in [0.717, 1.165) is 21.3 Å². The molecule has 1 aromatic carbocycles.